The van der Waals surface area contributed by atoms with Gasteiger partial charge in [-0.25, -0.2) is 0 Å². The molecule has 2 aromatic carbocycles. The van der Waals surface area contributed by atoms with E-state index in [0.29, 0.717) is 23.2 Å². The molecular weight excluding hydrogens is 272 g/mol. The van der Waals surface area contributed by atoms with Crippen molar-refractivity contribution >= 4 is 6.29 Å². The van der Waals surface area contributed by atoms with Gasteiger partial charge in [0.2, 0.25) is 0 Å². The van der Waals surface area contributed by atoms with E-state index in [4.69, 9.17) is 9.47 Å². The maximum absolute atomic E-state index is 11.1. The Morgan fingerprint density at radius 2 is 1.86 bits per heavy atom. The Kier molecular flexibility index (Phi) is 4.33. The van der Waals surface area contributed by atoms with Crippen LogP contribution in [0, 0.1) is 6.92 Å². The molecule has 0 fully saturated rings. The van der Waals surface area contributed by atoms with Gasteiger partial charge in [-0.15, -0.1) is 0 Å². The summed E-state index contributed by atoms with van der Waals surface area (Å²) in [5.41, 5.74) is 1.71. The number of carbonyl (C=O) groups excluding carboxylic acids is 1. The van der Waals surface area contributed by atoms with E-state index < -0.39 is 0 Å². The fourth-order valence-corrected chi connectivity index (χ4v) is 2.00. The van der Waals surface area contributed by atoms with E-state index in [9.17, 15) is 15.0 Å². The second-order valence-corrected chi connectivity index (χ2v) is 4.56. The van der Waals surface area contributed by atoms with Crippen molar-refractivity contribution in [3.05, 3.63) is 47.0 Å². The maximum atomic E-state index is 11.1. The Morgan fingerprint density at radius 1 is 1.14 bits per heavy atom. The highest BCUT2D eigenvalue weighted by molar-refractivity contribution is 5.79. The predicted octanol–water partition coefficient (Wildman–Crippen LogP) is 2.81. The molecule has 0 aliphatic rings. The molecule has 21 heavy (non-hydrogen) atoms. The number of phenolic OH excluding ortho intramolecular Hbond substituents is 2. The van der Waals surface area contributed by atoms with Crippen molar-refractivity contribution in [2.24, 2.45) is 0 Å². The molecule has 0 spiro atoms. The van der Waals surface area contributed by atoms with E-state index in [1.165, 1.54) is 25.3 Å². The van der Waals surface area contributed by atoms with E-state index >= 15 is 0 Å². The van der Waals surface area contributed by atoms with Crippen LogP contribution in [0.15, 0.2) is 30.3 Å². The van der Waals surface area contributed by atoms with Crippen molar-refractivity contribution in [2.45, 2.75) is 13.5 Å². The van der Waals surface area contributed by atoms with Crippen LogP contribution in [0.25, 0.3) is 0 Å². The number of hydrogen-bond acceptors (Lipinski definition) is 5. The molecule has 0 aliphatic carbocycles. The number of carbonyl (C=O) groups is 1. The SMILES string of the molecule is COc1c(O)ccc(C=O)c1COc1cc(C)ccc1O. The number of rotatable bonds is 5. The first-order chi connectivity index (χ1) is 10.1. The fourth-order valence-electron chi connectivity index (χ4n) is 2.00. The van der Waals surface area contributed by atoms with Crippen molar-refractivity contribution < 1.29 is 24.5 Å². The minimum absolute atomic E-state index is 0.00683. The number of methoxy groups -OCH3 is 1. The van der Waals surface area contributed by atoms with Gasteiger partial charge in [-0.05, 0) is 36.8 Å². The first kappa shape index (κ1) is 14.7. The Labute approximate surface area is 122 Å². The highest BCUT2D eigenvalue weighted by Crippen LogP contribution is 2.34. The Balaban J connectivity index is 2.33. The van der Waals surface area contributed by atoms with Crippen LogP contribution in [0.3, 0.4) is 0 Å². The monoisotopic (exact) mass is 288 g/mol. The molecule has 0 atom stereocenters. The molecule has 0 aromatic heterocycles. The quantitative estimate of drug-likeness (QED) is 0.827. The molecule has 0 saturated carbocycles. The normalized spacial score (nSPS) is 10.2. The first-order valence-electron chi connectivity index (χ1n) is 6.33. The Morgan fingerprint density at radius 3 is 2.52 bits per heavy atom. The van der Waals surface area contributed by atoms with Crippen LogP contribution in [0.4, 0.5) is 0 Å². The number of aromatic hydroxyl groups is 2. The number of ether oxygens (including phenoxy) is 2. The molecule has 2 aromatic rings. The van der Waals surface area contributed by atoms with Crippen LogP contribution in [-0.4, -0.2) is 23.6 Å². The summed E-state index contributed by atoms with van der Waals surface area (Å²) < 4.78 is 10.7. The largest absolute Gasteiger partial charge is 0.504 e. The molecule has 2 N–H and O–H groups in total. The van der Waals surface area contributed by atoms with E-state index in [1.54, 1.807) is 12.1 Å². The van der Waals surface area contributed by atoms with Gasteiger partial charge in [0.25, 0.3) is 0 Å². The van der Waals surface area contributed by atoms with Gasteiger partial charge in [0.15, 0.2) is 29.3 Å². The third kappa shape index (κ3) is 3.08. The highest BCUT2D eigenvalue weighted by Gasteiger charge is 2.15. The summed E-state index contributed by atoms with van der Waals surface area (Å²) in [5, 5.41) is 19.5. The third-order valence-corrected chi connectivity index (χ3v) is 3.09. The zero-order chi connectivity index (χ0) is 15.4. The van der Waals surface area contributed by atoms with Crippen LogP contribution >= 0.6 is 0 Å². The van der Waals surface area contributed by atoms with Crippen molar-refractivity contribution in [2.75, 3.05) is 7.11 Å². The highest BCUT2D eigenvalue weighted by atomic mass is 16.5. The Bertz CT molecular complexity index is 664. The lowest BCUT2D eigenvalue weighted by Gasteiger charge is -2.14. The number of aldehydes is 1. The number of phenols is 2. The Hall–Kier alpha value is -2.69. The van der Waals surface area contributed by atoms with Crippen molar-refractivity contribution in [3.63, 3.8) is 0 Å². The second-order valence-electron chi connectivity index (χ2n) is 4.56. The molecule has 0 aliphatic heterocycles. The molecule has 2 rings (SSSR count). The minimum Gasteiger partial charge on any atom is -0.504 e. The molecule has 0 bridgehead atoms. The van der Waals surface area contributed by atoms with Gasteiger partial charge in [0.1, 0.15) is 6.61 Å². The van der Waals surface area contributed by atoms with E-state index in [1.807, 2.05) is 6.92 Å². The zero-order valence-corrected chi connectivity index (χ0v) is 11.8. The molecule has 0 heterocycles. The first-order valence-corrected chi connectivity index (χ1v) is 6.33. The summed E-state index contributed by atoms with van der Waals surface area (Å²) in [6.45, 7) is 1.86. The lowest BCUT2D eigenvalue weighted by Crippen LogP contribution is -2.03. The van der Waals surface area contributed by atoms with E-state index in [0.717, 1.165) is 5.56 Å². The van der Waals surface area contributed by atoms with Crippen LogP contribution in [0.2, 0.25) is 0 Å². The molecule has 5 heteroatoms. The summed E-state index contributed by atoms with van der Waals surface area (Å²) in [4.78, 5) is 11.1. The summed E-state index contributed by atoms with van der Waals surface area (Å²) in [6, 6.07) is 7.85. The van der Waals surface area contributed by atoms with Gasteiger partial charge in [0, 0.05) is 11.1 Å². The third-order valence-electron chi connectivity index (χ3n) is 3.09. The minimum atomic E-state index is -0.0739. The standard InChI is InChI=1S/C16H16O5/c1-10-3-5-13(18)15(7-10)21-9-12-11(8-17)4-6-14(19)16(12)20-2/h3-8,18-19H,9H2,1-2H3. The second kappa shape index (κ2) is 6.17. The molecule has 0 unspecified atom stereocenters. The van der Waals surface area contributed by atoms with Gasteiger partial charge in [-0.2, -0.15) is 0 Å². The van der Waals surface area contributed by atoms with E-state index in [2.05, 4.69) is 0 Å². The smallest absolute Gasteiger partial charge is 0.167 e. The summed E-state index contributed by atoms with van der Waals surface area (Å²) in [7, 11) is 1.40. The van der Waals surface area contributed by atoms with Gasteiger partial charge < -0.3 is 19.7 Å². The fraction of sp³-hybridized carbons (Fsp3) is 0.188. The lowest BCUT2D eigenvalue weighted by molar-refractivity contribution is 0.112. The maximum Gasteiger partial charge on any atom is 0.167 e. The van der Waals surface area contributed by atoms with Crippen molar-refractivity contribution in [3.8, 4) is 23.0 Å². The van der Waals surface area contributed by atoms with Crippen LogP contribution in [0.1, 0.15) is 21.5 Å². The van der Waals surface area contributed by atoms with E-state index in [-0.39, 0.29) is 23.9 Å². The van der Waals surface area contributed by atoms with Crippen molar-refractivity contribution in [1.29, 1.82) is 0 Å². The van der Waals surface area contributed by atoms with Gasteiger partial charge >= 0.3 is 0 Å². The zero-order valence-electron chi connectivity index (χ0n) is 11.8. The van der Waals surface area contributed by atoms with Gasteiger partial charge in [-0.1, -0.05) is 6.07 Å². The van der Waals surface area contributed by atoms with Gasteiger partial charge in [-0.3, -0.25) is 4.79 Å². The number of hydrogen-bond donors (Lipinski definition) is 2. The summed E-state index contributed by atoms with van der Waals surface area (Å²) in [5.74, 6) is 0.423. The summed E-state index contributed by atoms with van der Waals surface area (Å²) in [6.07, 6.45) is 0.663. The lowest BCUT2D eigenvalue weighted by atomic mass is 10.1. The number of benzene rings is 2. The molecule has 0 radical (unpaired) electrons. The van der Waals surface area contributed by atoms with Crippen molar-refractivity contribution in [1.82, 2.24) is 0 Å². The number of aryl methyl sites for hydroxylation is 1. The predicted molar refractivity (Wildman–Crippen MR) is 77.2 cm³/mol. The average molecular weight is 288 g/mol. The van der Waals surface area contributed by atoms with Crippen LogP contribution in [0.5, 0.6) is 23.0 Å². The summed E-state index contributed by atoms with van der Waals surface area (Å²) >= 11 is 0. The van der Waals surface area contributed by atoms with Crippen LogP contribution in [-0.2, 0) is 6.61 Å². The van der Waals surface area contributed by atoms with Crippen LogP contribution < -0.4 is 9.47 Å². The topological polar surface area (TPSA) is 76.0 Å². The van der Waals surface area contributed by atoms with Gasteiger partial charge in [0.05, 0.1) is 7.11 Å². The molecule has 0 amide bonds. The molecule has 0 saturated heterocycles. The molecule has 5 nitrogen and oxygen atoms in total. The molecule has 110 valence electrons. The average Bonchev–Trinajstić information content (AvgIpc) is 2.48. The molecular formula is C16H16O5.